The summed E-state index contributed by atoms with van der Waals surface area (Å²) in [4.78, 5) is 11.8. The quantitative estimate of drug-likeness (QED) is 0.473. The summed E-state index contributed by atoms with van der Waals surface area (Å²) in [5, 5.41) is 9.26. The third-order valence-electron chi connectivity index (χ3n) is 2.98. The lowest BCUT2D eigenvalue weighted by Crippen LogP contribution is -2.25. The van der Waals surface area contributed by atoms with Gasteiger partial charge in [0.15, 0.2) is 0 Å². The summed E-state index contributed by atoms with van der Waals surface area (Å²) in [5.41, 5.74) is 1.15. The number of aryl methyl sites for hydroxylation is 1. The SMILES string of the molecule is CC(C)(C)OC(=O)C(=CCCCCc1ccccc1)CO. The Hall–Kier alpha value is -1.61. The molecule has 3 heteroatoms. The van der Waals surface area contributed by atoms with Crippen molar-refractivity contribution in [3.8, 4) is 0 Å². The number of carbonyl (C=O) groups is 1. The van der Waals surface area contributed by atoms with E-state index in [1.165, 1.54) is 5.56 Å². The average molecular weight is 290 g/mol. The maximum absolute atomic E-state index is 11.8. The van der Waals surface area contributed by atoms with Gasteiger partial charge in [-0.1, -0.05) is 36.4 Å². The molecule has 1 aromatic rings. The second-order valence-electron chi connectivity index (χ2n) is 6.12. The fourth-order valence-corrected chi connectivity index (χ4v) is 1.95. The second kappa shape index (κ2) is 8.63. The summed E-state index contributed by atoms with van der Waals surface area (Å²) in [7, 11) is 0. The van der Waals surface area contributed by atoms with Gasteiger partial charge in [0.1, 0.15) is 5.60 Å². The first-order valence-electron chi connectivity index (χ1n) is 7.49. The van der Waals surface area contributed by atoms with Crippen LogP contribution in [0.25, 0.3) is 0 Å². The van der Waals surface area contributed by atoms with Crippen LogP contribution in [-0.2, 0) is 16.0 Å². The number of rotatable bonds is 7. The number of esters is 1. The van der Waals surface area contributed by atoms with Crippen molar-refractivity contribution in [2.24, 2.45) is 0 Å². The van der Waals surface area contributed by atoms with Gasteiger partial charge in [0, 0.05) is 0 Å². The van der Waals surface area contributed by atoms with E-state index in [1.54, 1.807) is 6.08 Å². The van der Waals surface area contributed by atoms with E-state index in [1.807, 2.05) is 39.0 Å². The number of ether oxygens (including phenoxy) is 1. The normalized spacial score (nSPS) is 12.3. The van der Waals surface area contributed by atoms with Gasteiger partial charge in [-0.05, 0) is 52.0 Å². The van der Waals surface area contributed by atoms with Gasteiger partial charge < -0.3 is 9.84 Å². The molecule has 1 aromatic carbocycles. The lowest BCUT2D eigenvalue weighted by Gasteiger charge is -2.20. The smallest absolute Gasteiger partial charge is 0.336 e. The number of hydrogen-bond acceptors (Lipinski definition) is 3. The molecule has 0 fully saturated rings. The van der Waals surface area contributed by atoms with Gasteiger partial charge in [-0.2, -0.15) is 0 Å². The zero-order chi connectivity index (χ0) is 15.7. The molecule has 0 atom stereocenters. The molecule has 0 radical (unpaired) electrons. The van der Waals surface area contributed by atoms with Gasteiger partial charge in [0.2, 0.25) is 0 Å². The van der Waals surface area contributed by atoms with E-state index >= 15 is 0 Å². The number of allylic oxidation sites excluding steroid dienone is 1. The number of unbranched alkanes of at least 4 members (excludes halogenated alkanes) is 2. The van der Waals surface area contributed by atoms with E-state index in [2.05, 4.69) is 12.1 Å². The molecule has 116 valence electrons. The lowest BCUT2D eigenvalue weighted by molar-refractivity contribution is -0.150. The van der Waals surface area contributed by atoms with E-state index in [0.717, 1.165) is 25.7 Å². The molecule has 1 N–H and O–H groups in total. The summed E-state index contributed by atoms with van der Waals surface area (Å²) < 4.78 is 5.25. The van der Waals surface area contributed by atoms with Crippen LogP contribution in [-0.4, -0.2) is 23.3 Å². The molecule has 0 saturated carbocycles. The molecule has 21 heavy (non-hydrogen) atoms. The number of carbonyl (C=O) groups excluding carboxylic acids is 1. The largest absolute Gasteiger partial charge is 0.457 e. The first-order valence-corrected chi connectivity index (χ1v) is 7.49. The van der Waals surface area contributed by atoms with E-state index in [4.69, 9.17) is 4.74 Å². The van der Waals surface area contributed by atoms with E-state index in [0.29, 0.717) is 5.57 Å². The summed E-state index contributed by atoms with van der Waals surface area (Å²) in [6.45, 7) is 5.19. The topological polar surface area (TPSA) is 46.5 Å². The Bertz CT molecular complexity index is 455. The molecule has 0 spiro atoms. The molecule has 0 heterocycles. The van der Waals surface area contributed by atoms with Crippen LogP contribution in [0.1, 0.15) is 45.6 Å². The lowest BCUT2D eigenvalue weighted by atomic mass is 10.1. The van der Waals surface area contributed by atoms with Crippen molar-refractivity contribution in [3.63, 3.8) is 0 Å². The molecule has 0 aromatic heterocycles. The first kappa shape index (κ1) is 17.4. The zero-order valence-electron chi connectivity index (χ0n) is 13.3. The predicted octanol–water partition coefficient (Wildman–Crippen LogP) is 3.66. The fourth-order valence-electron chi connectivity index (χ4n) is 1.95. The monoisotopic (exact) mass is 290 g/mol. The van der Waals surface area contributed by atoms with Crippen LogP contribution in [0.2, 0.25) is 0 Å². The summed E-state index contributed by atoms with van der Waals surface area (Å²) in [6.07, 6.45) is 5.66. The predicted molar refractivity (Wildman–Crippen MR) is 85.0 cm³/mol. The third-order valence-corrected chi connectivity index (χ3v) is 2.98. The summed E-state index contributed by atoms with van der Waals surface area (Å²) in [5.74, 6) is -0.423. The molecule has 3 nitrogen and oxygen atoms in total. The van der Waals surface area contributed by atoms with Gasteiger partial charge in [-0.3, -0.25) is 0 Å². The molecule has 0 bridgehead atoms. The third kappa shape index (κ3) is 7.66. The van der Waals surface area contributed by atoms with E-state index < -0.39 is 11.6 Å². The maximum Gasteiger partial charge on any atom is 0.336 e. The van der Waals surface area contributed by atoms with Crippen LogP contribution in [0.5, 0.6) is 0 Å². The Morgan fingerprint density at radius 3 is 2.43 bits per heavy atom. The minimum atomic E-state index is -0.529. The van der Waals surface area contributed by atoms with Crippen molar-refractivity contribution in [1.29, 1.82) is 0 Å². The van der Waals surface area contributed by atoms with Crippen molar-refractivity contribution >= 4 is 5.97 Å². The Labute approximate surface area is 127 Å². The van der Waals surface area contributed by atoms with Crippen molar-refractivity contribution in [2.45, 2.75) is 52.1 Å². The number of aliphatic hydroxyl groups is 1. The van der Waals surface area contributed by atoms with Crippen LogP contribution >= 0.6 is 0 Å². The van der Waals surface area contributed by atoms with Gasteiger partial charge in [0.25, 0.3) is 0 Å². The molecule has 0 aliphatic carbocycles. The van der Waals surface area contributed by atoms with Gasteiger partial charge >= 0.3 is 5.97 Å². The molecule has 0 aliphatic heterocycles. The summed E-state index contributed by atoms with van der Waals surface area (Å²) in [6, 6.07) is 10.3. The highest BCUT2D eigenvalue weighted by Gasteiger charge is 2.18. The molecular formula is C18H26O3. The van der Waals surface area contributed by atoms with E-state index in [-0.39, 0.29) is 6.61 Å². The van der Waals surface area contributed by atoms with Gasteiger partial charge in [0.05, 0.1) is 12.2 Å². The standard InChI is InChI=1S/C18H26O3/c1-18(2,3)21-17(20)16(14-19)13-9-5-8-12-15-10-6-4-7-11-15/h4,6-7,10-11,13,19H,5,8-9,12,14H2,1-3H3. The Morgan fingerprint density at radius 2 is 1.86 bits per heavy atom. The highest BCUT2D eigenvalue weighted by atomic mass is 16.6. The van der Waals surface area contributed by atoms with Crippen LogP contribution < -0.4 is 0 Å². The van der Waals surface area contributed by atoms with Crippen LogP contribution in [0.3, 0.4) is 0 Å². The number of aliphatic hydroxyl groups excluding tert-OH is 1. The highest BCUT2D eigenvalue weighted by Crippen LogP contribution is 2.12. The highest BCUT2D eigenvalue weighted by molar-refractivity contribution is 5.88. The van der Waals surface area contributed by atoms with Crippen molar-refractivity contribution in [2.75, 3.05) is 6.61 Å². The van der Waals surface area contributed by atoms with Crippen LogP contribution in [0.4, 0.5) is 0 Å². The van der Waals surface area contributed by atoms with Crippen LogP contribution in [0.15, 0.2) is 42.0 Å². The maximum atomic E-state index is 11.8. The Balaban J connectivity index is 2.34. The van der Waals surface area contributed by atoms with Crippen molar-refractivity contribution in [3.05, 3.63) is 47.5 Å². The Morgan fingerprint density at radius 1 is 1.19 bits per heavy atom. The summed E-state index contributed by atoms with van der Waals surface area (Å²) >= 11 is 0. The average Bonchev–Trinajstić information content (AvgIpc) is 2.42. The molecule has 0 unspecified atom stereocenters. The number of hydrogen-bond donors (Lipinski definition) is 1. The van der Waals surface area contributed by atoms with Gasteiger partial charge in [-0.15, -0.1) is 0 Å². The van der Waals surface area contributed by atoms with Crippen molar-refractivity contribution < 1.29 is 14.6 Å². The molecule has 1 rings (SSSR count). The van der Waals surface area contributed by atoms with Crippen molar-refractivity contribution in [1.82, 2.24) is 0 Å². The van der Waals surface area contributed by atoms with Crippen LogP contribution in [0, 0.1) is 0 Å². The minimum Gasteiger partial charge on any atom is -0.457 e. The Kier molecular flexibility index (Phi) is 7.17. The fraction of sp³-hybridized carbons (Fsp3) is 0.500. The molecule has 0 aliphatic rings. The molecule has 0 amide bonds. The second-order valence-corrected chi connectivity index (χ2v) is 6.12. The molecular weight excluding hydrogens is 264 g/mol. The number of benzene rings is 1. The first-order chi connectivity index (χ1) is 9.92. The van der Waals surface area contributed by atoms with E-state index in [9.17, 15) is 9.90 Å². The minimum absolute atomic E-state index is 0.270. The molecule has 0 saturated heterocycles. The van der Waals surface area contributed by atoms with Gasteiger partial charge in [-0.25, -0.2) is 4.79 Å². The zero-order valence-corrected chi connectivity index (χ0v) is 13.3.